The van der Waals surface area contributed by atoms with Crippen LogP contribution in [0.1, 0.15) is 38.8 Å². The Morgan fingerprint density at radius 1 is 0.902 bits per heavy atom. The minimum atomic E-state index is -0.737. The second kappa shape index (κ2) is 9.94. The van der Waals surface area contributed by atoms with Crippen molar-refractivity contribution in [3.63, 3.8) is 0 Å². The predicted molar refractivity (Wildman–Crippen MR) is 158 cm³/mol. The lowest BCUT2D eigenvalue weighted by Crippen LogP contribution is -2.44. The van der Waals surface area contributed by atoms with Crippen LogP contribution in [0.3, 0.4) is 0 Å². The first-order chi connectivity index (χ1) is 20.0. The first-order valence-electron chi connectivity index (χ1n) is 13.4. The molecule has 8 heteroatoms. The van der Waals surface area contributed by atoms with Gasteiger partial charge in [-0.05, 0) is 47.0 Å². The summed E-state index contributed by atoms with van der Waals surface area (Å²) in [6.45, 7) is 0.323. The van der Waals surface area contributed by atoms with Crippen molar-refractivity contribution < 1.29 is 14.4 Å². The molecule has 2 N–H and O–H groups in total. The molecule has 4 aromatic carbocycles. The molecule has 0 spiro atoms. The third kappa shape index (κ3) is 4.17. The van der Waals surface area contributed by atoms with Gasteiger partial charge in [-0.1, -0.05) is 84.4 Å². The molecular weight excluding hydrogens is 536 g/mol. The summed E-state index contributed by atoms with van der Waals surface area (Å²) in [5.74, 6) is -0.723. The number of amides is 4. The van der Waals surface area contributed by atoms with Crippen molar-refractivity contribution in [3.8, 4) is 0 Å². The Bertz CT molecular complexity index is 1830. The van der Waals surface area contributed by atoms with E-state index in [2.05, 4.69) is 10.3 Å². The van der Waals surface area contributed by atoms with Gasteiger partial charge in [-0.2, -0.15) is 0 Å². The first kappa shape index (κ1) is 25.1. The van der Waals surface area contributed by atoms with E-state index in [-0.39, 0.29) is 23.1 Å². The Morgan fingerprint density at radius 3 is 2.49 bits per heavy atom. The van der Waals surface area contributed by atoms with Crippen LogP contribution in [0.4, 0.5) is 10.5 Å². The minimum Gasteiger partial charge on any atom is -0.356 e. The third-order valence-corrected chi connectivity index (χ3v) is 8.13. The quantitative estimate of drug-likeness (QED) is 0.250. The smallest absolute Gasteiger partial charge is 0.332 e. The second-order valence-electron chi connectivity index (χ2n) is 10.3. The number of nitrogens with one attached hydrogen (secondary N) is 2. The van der Waals surface area contributed by atoms with Crippen molar-refractivity contribution in [2.75, 3.05) is 4.90 Å². The number of carbonyl (C=O) groups is 3. The van der Waals surface area contributed by atoms with E-state index < -0.39 is 18.1 Å². The van der Waals surface area contributed by atoms with E-state index in [0.29, 0.717) is 18.0 Å². The Morgan fingerprint density at radius 2 is 1.66 bits per heavy atom. The van der Waals surface area contributed by atoms with Gasteiger partial charge in [0.05, 0.1) is 11.3 Å². The van der Waals surface area contributed by atoms with E-state index in [1.807, 2.05) is 72.8 Å². The van der Waals surface area contributed by atoms with Crippen LogP contribution in [0.5, 0.6) is 0 Å². The molecule has 3 heterocycles. The molecule has 0 unspecified atom stereocenters. The molecule has 202 valence electrons. The van der Waals surface area contributed by atoms with Gasteiger partial charge in [0.1, 0.15) is 12.1 Å². The summed E-state index contributed by atoms with van der Waals surface area (Å²) in [5.41, 5.74) is 5.08. The van der Waals surface area contributed by atoms with E-state index in [0.717, 1.165) is 38.2 Å². The Hall–Kier alpha value is -4.88. The molecule has 41 heavy (non-hydrogen) atoms. The number of benzene rings is 4. The van der Waals surface area contributed by atoms with Crippen molar-refractivity contribution >= 4 is 46.0 Å². The van der Waals surface area contributed by atoms with E-state index in [9.17, 15) is 14.4 Å². The number of hydrogen-bond donors (Lipinski definition) is 2. The van der Waals surface area contributed by atoms with Crippen LogP contribution >= 0.6 is 11.6 Å². The molecule has 4 amide bonds. The normalized spacial score (nSPS) is 18.0. The molecule has 1 fully saturated rings. The lowest BCUT2D eigenvalue weighted by atomic mass is 9.89. The fourth-order valence-electron chi connectivity index (χ4n) is 6.05. The molecule has 1 aromatic heterocycles. The summed E-state index contributed by atoms with van der Waals surface area (Å²) < 4.78 is 0. The Kier molecular flexibility index (Phi) is 6.09. The number of carbonyl (C=O) groups excluding carboxylic acids is 3. The average Bonchev–Trinajstić information content (AvgIpc) is 3.49. The standard InChI is InChI=1S/C33H25ClN4O3/c34-22-12-8-11-21(17-22)30-29-25(23-13-4-6-15-26(23)36-29)18-28-32(40)38(33(41)37(28)30)27-16-7-5-14-24(27)31(39)35-19-20-9-2-1-3-10-20/h1-17,28,30,36H,18-19H2,(H,35,39)/t28-,30+/m0/s1. The average molecular weight is 561 g/mol. The lowest BCUT2D eigenvalue weighted by molar-refractivity contribution is -0.120. The van der Waals surface area contributed by atoms with Crippen LogP contribution in [0, 0.1) is 0 Å². The summed E-state index contributed by atoms with van der Waals surface area (Å²) in [6.07, 6.45) is 0.361. The number of nitrogens with zero attached hydrogens (tertiary/aromatic N) is 2. The number of aromatic nitrogens is 1. The maximum atomic E-state index is 14.3. The van der Waals surface area contributed by atoms with E-state index in [1.54, 1.807) is 35.2 Å². The summed E-state index contributed by atoms with van der Waals surface area (Å²) >= 11 is 6.40. The maximum Gasteiger partial charge on any atom is 0.332 e. The molecule has 0 aliphatic carbocycles. The number of fused-ring (bicyclic) bond motifs is 4. The molecule has 2 aliphatic rings. The van der Waals surface area contributed by atoms with Crippen LogP contribution in [0.15, 0.2) is 103 Å². The number of H-pyrrole nitrogens is 1. The van der Waals surface area contributed by atoms with Crippen molar-refractivity contribution in [1.82, 2.24) is 15.2 Å². The van der Waals surface area contributed by atoms with Crippen molar-refractivity contribution in [2.24, 2.45) is 0 Å². The monoisotopic (exact) mass is 560 g/mol. The maximum absolute atomic E-state index is 14.3. The molecule has 5 aromatic rings. The molecule has 0 radical (unpaired) electrons. The summed E-state index contributed by atoms with van der Waals surface area (Å²) in [5, 5.41) is 4.48. The number of rotatable bonds is 5. The van der Waals surface area contributed by atoms with Crippen LogP contribution < -0.4 is 10.2 Å². The lowest BCUT2D eigenvalue weighted by Gasteiger charge is -2.36. The van der Waals surface area contributed by atoms with Gasteiger partial charge in [-0.15, -0.1) is 0 Å². The zero-order valence-corrected chi connectivity index (χ0v) is 22.6. The molecule has 7 nitrogen and oxygen atoms in total. The second-order valence-corrected chi connectivity index (χ2v) is 10.7. The van der Waals surface area contributed by atoms with E-state index in [4.69, 9.17) is 11.6 Å². The predicted octanol–water partition coefficient (Wildman–Crippen LogP) is 6.23. The molecule has 2 aliphatic heterocycles. The van der Waals surface area contributed by atoms with Gasteiger partial charge in [-0.25, -0.2) is 9.69 Å². The van der Waals surface area contributed by atoms with Gasteiger partial charge in [0.2, 0.25) is 0 Å². The number of para-hydroxylation sites is 2. The Labute approximate surface area is 241 Å². The highest BCUT2D eigenvalue weighted by atomic mass is 35.5. The third-order valence-electron chi connectivity index (χ3n) is 7.90. The molecule has 0 bridgehead atoms. The van der Waals surface area contributed by atoms with Crippen LogP contribution in [-0.2, 0) is 17.8 Å². The minimum absolute atomic E-state index is 0.258. The van der Waals surface area contributed by atoms with Crippen LogP contribution in [0.25, 0.3) is 10.9 Å². The van der Waals surface area contributed by atoms with Gasteiger partial charge in [-0.3, -0.25) is 14.5 Å². The SMILES string of the molecule is O=C(NCc1ccccc1)c1ccccc1N1C(=O)[C@@H]2Cc3c([nH]c4ccccc34)[C@@H](c3cccc(Cl)c3)N2C1=O. The fourth-order valence-corrected chi connectivity index (χ4v) is 6.25. The van der Waals surface area contributed by atoms with Crippen LogP contribution in [-0.4, -0.2) is 33.8 Å². The summed E-state index contributed by atoms with van der Waals surface area (Å²) in [4.78, 5) is 48.0. The highest BCUT2D eigenvalue weighted by molar-refractivity contribution is 6.30. The van der Waals surface area contributed by atoms with Crippen molar-refractivity contribution in [2.45, 2.75) is 25.0 Å². The molecule has 1 saturated heterocycles. The van der Waals surface area contributed by atoms with E-state index in [1.165, 1.54) is 0 Å². The highest BCUT2D eigenvalue weighted by Gasteiger charge is 2.53. The zero-order chi connectivity index (χ0) is 28.1. The Balaban J connectivity index is 1.29. The largest absolute Gasteiger partial charge is 0.356 e. The van der Waals surface area contributed by atoms with Gasteiger partial charge < -0.3 is 10.3 Å². The summed E-state index contributed by atoms with van der Waals surface area (Å²) in [7, 11) is 0. The van der Waals surface area contributed by atoms with Gasteiger partial charge in [0, 0.05) is 34.6 Å². The number of aromatic amines is 1. The number of anilines is 1. The van der Waals surface area contributed by atoms with Gasteiger partial charge in [0.25, 0.3) is 11.8 Å². The van der Waals surface area contributed by atoms with Crippen molar-refractivity contribution in [1.29, 1.82) is 0 Å². The number of imide groups is 1. The zero-order valence-electron chi connectivity index (χ0n) is 21.9. The fraction of sp³-hybridized carbons (Fsp3) is 0.121. The molecule has 7 rings (SSSR count). The van der Waals surface area contributed by atoms with Gasteiger partial charge in [0.15, 0.2) is 0 Å². The highest BCUT2D eigenvalue weighted by Crippen LogP contribution is 2.45. The van der Waals surface area contributed by atoms with Gasteiger partial charge >= 0.3 is 6.03 Å². The molecular formula is C33H25ClN4O3. The number of urea groups is 1. The van der Waals surface area contributed by atoms with Crippen molar-refractivity contribution in [3.05, 3.63) is 136 Å². The topological polar surface area (TPSA) is 85.5 Å². The molecule has 2 atom stereocenters. The number of hydrogen-bond acceptors (Lipinski definition) is 3. The number of halogens is 1. The summed E-state index contributed by atoms with van der Waals surface area (Å²) in [6, 6.07) is 29.9. The first-order valence-corrected chi connectivity index (χ1v) is 13.8. The molecule has 0 saturated carbocycles. The van der Waals surface area contributed by atoms with Crippen LogP contribution in [0.2, 0.25) is 5.02 Å². The van der Waals surface area contributed by atoms with E-state index >= 15 is 0 Å².